The van der Waals surface area contributed by atoms with E-state index in [0.29, 0.717) is 23.5 Å². The molecule has 1 atom stereocenters. The van der Waals surface area contributed by atoms with Crippen LogP contribution in [0.2, 0.25) is 0 Å². The maximum absolute atomic E-state index is 12.4. The lowest BCUT2D eigenvalue weighted by molar-refractivity contribution is 0.342. The van der Waals surface area contributed by atoms with Gasteiger partial charge in [-0.2, -0.15) is 11.8 Å². The van der Waals surface area contributed by atoms with Crippen molar-refractivity contribution < 1.29 is 4.21 Å². The fourth-order valence-electron chi connectivity index (χ4n) is 3.69. The van der Waals surface area contributed by atoms with E-state index in [-0.39, 0.29) is 0 Å². The van der Waals surface area contributed by atoms with Gasteiger partial charge in [0.05, 0.1) is 5.39 Å². The number of aromatic amines is 1. The molecule has 1 saturated carbocycles. The third-order valence-corrected chi connectivity index (χ3v) is 7.90. The molecule has 2 heterocycles. The molecule has 1 unspecified atom stereocenters. The first-order valence-electron chi connectivity index (χ1n) is 8.74. The van der Waals surface area contributed by atoms with Crippen LogP contribution >= 0.6 is 11.8 Å². The zero-order chi connectivity index (χ0) is 17.9. The summed E-state index contributed by atoms with van der Waals surface area (Å²) >= 11 is 1.67. The van der Waals surface area contributed by atoms with Gasteiger partial charge in [-0.15, -0.1) is 0 Å². The van der Waals surface area contributed by atoms with Crippen LogP contribution < -0.4 is 4.90 Å². The Balaban J connectivity index is 1.60. The van der Waals surface area contributed by atoms with Crippen LogP contribution in [0.3, 0.4) is 0 Å². The van der Waals surface area contributed by atoms with E-state index in [4.69, 9.17) is 4.78 Å². The van der Waals surface area contributed by atoms with Crippen LogP contribution in [0, 0.1) is 10.7 Å². The van der Waals surface area contributed by atoms with E-state index in [2.05, 4.69) is 26.9 Å². The van der Waals surface area contributed by atoms with Gasteiger partial charge in [0, 0.05) is 46.3 Å². The summed E-state index contributed by atoms with van der Waals surface area (Å²) in [5.74, 6) is 3.31. The van der Waals surface area contributed by atoms with Crippen LogP contribution in [0.25, 0.3) is 11.0 Å². The number of hydrogen-bond acceptors (Lipinski definition) is 6. The van der Waals surface area contributed by atoms with E-state index >= 15 is 0 Å². The summed E-state index contributed by atoms with van der Waals surface area (Å²) in [7, 11) is -0.311. The Morgan fingerprint density at radius 3 is 2.84 bits per heavy atom. The molecule has 138 valence electrons. The van der Waals surface area contributed by atoms with Crippen molar-refractivity contribution >= 4 is 38.3 Å². The maximum Gasteiger partial charge on any atom is 0.142 e. The standard InChI is InChI=1S/C17H27N5OS2/c1-22(17-15-7-8-19-16(15)20-12-21-17)14-5-3-13(4-6-14)11-25(18,23)10-9-24-2/h7-8,12-14,18H,3-6,9-11H2,1-2H3,(H,19,20,21)/t13-,14+,25?. The predicted octanol–water partition coefficient (Wildman–Crippen LogP) is 3.36. The van der Waals surface area contributed by atoms with Crippen molar-refractivity contribution in [1.82, 2.24) is 15.0 Å². The minimum atomic E-state index is -2.41. The molecule has 0 amide bonds. The molecule has 1 aliphatic carbocycles. The molecule has 2 aromatic heterocycles. The van der Waals surface area contributed by atoms with Gasteiger partial charge in [-0.3, -0.25) is 4.78 Å². The lowest BCUT2D eigenvalue weighted by Gasteiger charge is -2.35. The first kappa shape index (κ1) is 18.5. The molecule has 2 N–H and O–H groups in total. The van der Waals surface area contributed by atoms with Crippen molar-refractivity contribution in [2.24, 2.45) is 5.92 Å². The van der Waals surface area contributed by atoms with E-state index in [9.17, 15) is 4.21 Å². The number of thioether (sulfide) groups is 1. The fourth-order valence-corrected chi connectivity index (χ4v) is 6.70. The van der Waals surface area contributed by atoms with Crippen molar-refractivity contribution in [3.05, 3.63) is 18.6 Å². The maximum atomic E-state index is 12.4. The summed E-state index contributed by atoms with van der Waals surface area (Å²) in [6.07, 6.45) is 9.73. The SMILES string of the molecule is CSCCS(=N)(=O)C[C@H]1CC[C@@H](N(C)c2ncnc3[nH]ccc23)CC1. The van der Waals surface area contributed by atoms with E-state index in [0.717, 1.165) is 48.3 Å². The summed E-state index contributed by atoms with van der Waals surface area (Å²) in [6, 6.07) is 2.46. The molecular weight excluding hydrogens is 354 g/mol. The molecule has 25 heavy (non-hydrogen) atoms. The van der Waals surface area contributed by atoms with E-state index < -0.39 is 9.73 Å². The van der Waals surface area contributed by atoms with Crippen molar-refractivity contribution in [2.75, 3.05) is 35.5 Å². The highest BCUT2D eigenvalue weighted by molar-refractivity contribution is 8.00. The van der Waals surface area contributed by atoms with Crippen LogP contribution in [-0.4, -0.2) is 55.8 Å². The topological polar surface area (TPSA) is 85.7 Å². The van der Waals surface area contributed by atoms with Gasteiger partial charge in [0.15, 0.2) is 0 Å². The first-order valence-corrected chi connectivity index (χ1v) is 12.0. The van der Waals surface area contributed by atoms with Gasteiger partial charge in [0.1, 0.15) is 17.8 Å². The van der Waals surface area contributed by atoms with Gasteiger partial charge in [-0.25, -0.2) is 14.2 Å². The Labute approximate surface area is 154 Å². The second kappa shape index (κ2) is 7.95. The lowest BCUT2D eigenvalue weighted by atomic mass is 9.86. The molecule has 6 nitrogen and oxygen atoms in total. The molecule has 3 rings (SSSR count). The highest BCUT2D eigenvalue weighted by Crippen LogP contribution is 2.32. The number of fused-ring (bicyclic) bond motifs is 1. The van der Waals surface area contributed by atoms with Gasteiger partial charge in [-0.05, 0) is 43.9 Å². The number of aromatic nitrogens is 3. The van der Waals surface area contributed by atoms with Crippen LogP contribution in [0.1, 0.15) is 25.7 Å². The average molecular weight is 382 g/mol. The fraction of sp³-hybridized carbons (Fsp3) is 0.647. The molecule has 1 fully saturated rings. The number of anilines is 1. The van der Waals surface area contributed by atoms with Crippen LogP contribution in [-0.2, 0) is 9.73 Å². The monoisotopic (exact) mass is 381 g/mol. The Morgan fingerprint density at radius 2 is 2.12 bits per heavy atom. The number of H-pyrrole nitrogens is 1. The lowest BCUT2D eigenvalue weighted by Crippen LogP contribution is -2.37. The highest BCUT2D eigenvalue weighted by atomic mass is 32.2. The number of nitrogens with zero attached hydrogens (tertiary/aromatic N) is 3. The molecule has 8 heteroatoms. The third-order valence-electron chi connectivity index (χ3n) is 5.15. The van der Waals surface area contributed by atoms with E-state index in [1.54, 1.807) is 18.1 Å². The number of rotatable bonds is 7. The number of nitrogens with one attached hydrogen (secondary N) is 2. The normalized spacial score (nSPS) is 23.4. The number of hydrogen-bond donors (Lipinski definition) is 2. The molecule has 0 radical (unpaired) electrons. The highest BCUT2D eigenvalue weighted by Gasteiger charge is 2.27. The second-order valence-corrected chi connectivity index (χ2v) is 10.2. The molecule has 0 saturated heterocycles. The van der Waals surface area contributed by atoms with Crippen LogP contribution in [0.15, 0.2) is 18.6 Å². The molecule has 0 spiro atoms. The summed E-state index contributed by atoms with van der Waals surface area (Å²) in [5, 5.41) is 1.05. The summed E-state index contributed by atoms with van der Waals surface area (Å²) < 4.78 is 20.5. The zero-order valence-corrected chi connectivity index (χ0v) is 16.5. The van der Waals surface area contributed by atoms with Crippen LogP contribution in [0.4, 0.5) is 5.82 Å². The minimum Gasteiger partial charge on any atom is -0.356 e. The van der Waals surface area contributed by atoms with Gasteiger partial charge < -0.3 is 9.88 Å². The summed E-state index contributed by atoms with van der Waals surface area (Å²) in [4.78, 5) is 14.1. The average Bonchev–Trinajstić information content (AvgIpc) is 3.08. The summed E-state index contributed by atoms with van der Waals surface area (Å²) in [5.41, 5.74) is 0.869. The molecule has 0 aromatic carbocycles. The smallest absolute Gasteiger partial charge is 0.142 e. The van der Waals surface area contributed by atoms with Gasteiger partial charge >= 0.3 is 0 Å². The van der Waals surface area contributed by atoms with Crippen LogP contribution in [0.5, 0.6) is 0 Å². The quantitative estimate of drug-likeness (QED) is 0.768. The molecule has 1 aliphatic rings. The van der Waals surface area contributed by atoms with Crippen molar-refractivity contribution in [2.45, 2.75) is 31.7 Å². The molecule has 0 aliphatic heterocycles. The summed E-state index contributed by atoms with van der Waals surface area (Å²) in [6.45, 7) is 0. The second-order valence-electron chi connectivity index (χ2n) is 6.90. The van der Waals surface area contributed by atoms with Crippen molar-refractivity contribution in [3.63, 3.8) is 0 Å². The minimum absolute atomic E-state index is 0.425. The van der Waals surface area contributed by atoms with Crippen molar-refractivity contribution in [3.8, 4) is 0 Å². The Morgan fingerprint density at radius 1 is 1.36 bits per heavy atom. The molecular formula is C17H27N5OS2. The molecule has 2 aromatic rings. The third kappa shape index (κ3) is 4.47. The molecule has 0 bridgehead atoms. The van der Waals surface area contributed by atoms with E-state index in [1.807, 2.05) is 18.5 Å². The van der Waals surface area contributed by atoms with Crippen molar-refractivity contribution in [1.29, 1.82) is 4.78 Å². The van der Waals surface area contributed by atoms with Gasteiger partial charge in [-0.1, -0.05) is 0 Å². The zero-order valence-electron chi connectivity index (χ0n) is 14.9. The Bertz CT molecular complexity index is 796. The Kier molecular flexibility index (Phi) is 5.89. The van der Waals surface area contributed by atoms with E-state index in [1.165, 1.54) is 0 Å². The predicted molar refractivity (Wildman–Crippen MR) is 107 cm³/mol. The van der Waals surface area contributed by atoms with Gasteiger partial charge in [0.25, 0.3) is 0 Å². The largest absolute Gasteiger partial charge is 0.356 e. The Hall–Kier alpha value is -1.28. The first-order chi connectivity index (χ1) is 12.0. The van der Waals surface area contributed by atoms with Gasteiger partial charge in [0.2, 0.25) is 0 Å².